The summed E-state index contributed by atoms with van der Waals surface area (Å²) in [7, 11) is 0. The first kappa shape index (κ1) is 50.7. The molecule has 0 amide bonds. The van der Waals surface area contributed by atoms with Crippen molar-refractivity contribution < 1.29 is 84.2 Å². The molecular weight excluding hydrogens is 873 g/mol. The number of ether oxygens (including phenoxy) is 7. The van der Waals surface area contributed by atoms with Crippen LogP contribution in [-0.2, 0) is 33.2 Å². The van der Waals surface area contributed by atoms with Crippen LogP contribution in [0.25, 0.3) is 0 Å². The molecule has 17 nitrogen and oxygen atoms in total. The summed E-state index contributed by atoms with van der Waals surface area (Å²) in [6, 6.07) is 0. The van der Waals surface area contributed by atoms with Gasteiger partial charge in [-0.2, -0.15) is 0 Å². The average Bonchev–Trinajstić information content (AvgIpc) is 3.80. The smallest absolute Gasteiger partial charge is 0.187 e. The lowest BCUT2D eigenvalue weighted by Gasteiger charge is -2.71. The van der Waals surface area contributed by atoms with Gasteiger partial charge in [0.05, 0.1) is 49.3 Å². The Labute approximate surface area is 394 Å². The van der Waals surface area contributed by atoms with E-state index in [1.165, 1.54) is 6.08 Å². The molecule has 0 aromatic rings. The van der Waals surface area contributed by atoms with Gasteiger partial charge in [-0.25, -0.2) is 0 Å². The second-order valence-corrected chi connectivity index (χ2v) is 23.7. The maximum atomic E-state index is 12.3. The molecular formula is C50H80O17. The molecule has 0 radical (unpaired) electrons. The van der Waals surface area contributed by atoms with E-state index in [9.17, 15) is 51.1 Å². The molecule has 9 rings (SSSR count). The number of hydrogen-bond donors (Lipinski definition) is 10. The minimum absolute atomic E-state index is 0.0518. The van der Waals surface area contributed by atoms with Crippen LogP contribution in [0.2, 0.25) is 0 Å². The maximum absolute atomic E-state index is 12.3. The van der Waals surface area contributed by atoms with Crippen LogP contribution in [0.1, 0.15) is 99.8 Å². The molecule has 17 heteroatoms. The van der Waals surface area contributed by atoms with Crippen LogP contribution in [-0.4, -0.2) is 181 Å². The number of aliphatic hydroxyl groups excluding tert-OH is 9. The van der Waals surface area contributed by atoms with Gasteiger partial charge in [0.15, 0.2) is 18.9 Å². The van der Waals surface area contributed by atoms with Gasteiger partial charge in [-0.1, -0.05) is 45.4 Å². The second kappa shape index (κ2) is 17.8. The van der Waals surface area contributed by atoms with E-state index >= 15 is 0 Å². The van der Waals surface area contributed by atoms with Crippen molar-refractivity contribution in [3.05, 3.63) is 24.3 Å². The minimum atomic E-state index is -1.79. The van der Waals surface area contributed by atoms with Crippen molar-refractivity contribution in [2.45, 2.75) is 203 Å². The Hall–Kier alpha value is -1.20. The first-order valence-corrected chi connectivity index (χ1v) is 25.0. The molecule has 9 aliphatic rings. The molecule has 1 spiro atoms. The molecule has 5 unspecified atom stereocenters. The summed E-state index contributed by atoms with van der Waals surface area (Å²) in [6.07, 6.45) is -9.50. The highest BCUT2D eigenvalue weighted by Crippen LogP contribution is 2.85. The normalized spacial score (nSPS) is 56.5. The third-order valence-electron chi connectivity index (χ3n) is 19.8. The number of allylic oxidation sites excluding steroid dienone is 1. The van der Waals surface area contributed by atoms with E-state index in [0.717, 1.165) is 44.1 Å². The Morgan fingerprint density at radius 3 is 1.85 bits per heavy atom. The number of rotatable bonds is 12. The van der Waals surface area contributed by atoms with Gasteiger partial charge in [0, 0.05) is 30.3 Å². The molecule has 5 aliphatic carbocycles. The Morgan fingerprint density at radius 2 is 1.25 bits per heavy atom. The van der Waals surface area contributed by atoms with Gasteiger partial charge >= 0.3 is 0 Å². The summed E-state index contributed by atoms with van der Waals surface area (Å²) < 4.78 is 45.2. The molecule has 26 atom stereocenters. The molecule has 4 heterocycles. The highest BCUT2D eigenvalue weighted by atomic mass is 16.8. The van der Waals surface area contributed by atoms with Gasteiger partial charge in [-0.05, 0) is 106 Å². The predicted octanol–water partition coefficient (Wildman–Crippen LogP) is 1.04. The quantitative estimate of drug-likeness (QED) is 0.0968. The zero-order valence-electron chi connectivity index (χ0n) is 40.3. The Balaban J connectivity index is 1.01. The van der Waals surface area contributed by atoms with Crippen molar-refractivity contribution in [3.8, 4) is 0 Å². The Bertz CT molecular complexity index is 1840. The van der Waals surface area contributed by atoms with Gasteiger partial charge < -0.3 is 84.2 Å². The third kappa shape index (κ3) is 7.48. The standard InChI is InChI=1S/C50H80O17/c1-9-25-27(19-51)61-44(40(66-42-37(58)35(56)29(21-53)63-42)39(25)65-43-38(59)36(57)34(55)28(20-52)62-43)64-33-13-14-46(6)30(45(33,4)5)12-15-47(7)31(46)11-10-26-41-48(8,60)17-24(16-23(2)3)67-50(41)18-32(50)49(26,47)22-54/h9,16,24-44,51-60H,1,10-15,17-22H2,2-8H3/t24-,25+,26+,27+,28+,29-,30-,31+,32?,33-,34+,35-,36-,37+,38+,39-,40+,41?,42?,43?,44?,46-,47+,48-,49-,50-/m0/s1. The van der Waals surface area contributed by atoms with Crippen LogP contribution in [0.5, 0.6) is 0 Å². The number of aliphatic hydroxyl groups is 10. The highest BCUT2D eigenvalue weighted by molar-refractivity contribution is 5.35. The van der Waals surface area contributed by atoms with E-state index in [0.29, 0.717) is 12.8 Å². The van der Waals surface area contributed by atoms with Crippen LogP contribution in [0.4, 0.5) is 0 Å². The van der Waals surface area contributed by atoms with E-state index in [2.05, 4.69) is 54.2 Å². The monoisotopic (exact) mass is 953 g/mol. The molecule has 9 fully saturated rings. The zero-order valence-corrected chi connectivity index (χ0v) is 40.3. The molecule has 67 heavy (non-hydrogen) atoms. The van der Waals surface area contributed by atoms with Crippen molar-refractivity contribution >= 4 is 0 Å². The van der Waals surface area contributed by atoms with E-state index in [1.54, 1.807) is 0 Å². The minimum Gasteiger partial charge on any atom is -0.396 e. The third-order valence-corrected chi connectivity index (χ3v) is 19.8. The fraction of sp³-hybridized carbons (Fsp3) is 0.920. The Kier molecular flexibility index (Phi) is 13.5. The van der Waals surface area contributed by atoms with Crippen LogP contribution in [0.3, 0.4) is 0 Å². The highest BCUT2D eigenvalue weighted by Gasteiger charge is 2.87. The van der Waals surface area contributed by atoms with Gasteiger partial charge in [-0.3, -0.25) is 0 Å². The van der Waals surface area contributed by atoms with Crippen LogP contribution < -0.4 is 0 Å². The first-order chi connectivity index (χ1) is 31.5. The summed E-state index contributed by atoms with van der Waals surface area (Å²) in [5, 5.41) is 109. The summed E-state index contributed by atoms with van der Waals surface area (Å²) in [6.45, 7) is 17.6. The van der Waals surface area contributed by atoms with E-state index in [4.69, 9.17) is 33.2 Å². The van der Waals surface area contributed by atoms with Crippen LogP contribution in [0.15, 0.2) is 24.3 Å². The van der Waals surface area contributed by atoms with E-state index in [-0.39, 0.29) is 53.1 Å². The molecule has 0 aromatic carbocycles. The largest absolute Gasteiger partial charge is 0.396 e. The molecule has 5 saturated carbocycles. The summed E-state index contributed by atoms with van der Waals surface area (Å²) in [4.78, 5) is 0. The molecule has 0 aromatic heterocycles. The lowest BCUT2D eigenvalue weighted by atomic mass is 9.34. The van der Waals surface area contributed by atoms with E-state index in [1.807, 2.05) is 6.92 Å². The van der Waals surface area contributed by atoms with Crippen molar-refractivity contribution in [2.24, 2.45) is 57.2 Å². The fourth-order valence-electron chi connectivity index (χ4n) is 17.0. The Morgan fingerprint density at radius 1 is 0.657 bits per heavy atom. The fourth-order valence-corrected chi connectivity index (χ4v) is 17.0. The number of hydrogen-bond acceptors (Lipinski definition) is 17. The number of fused-ring (bicyclic) bond motifs is 7. The molecule has 4 saturated heterocycles. The molecule has 382 valence electrons. The average molecular weight is 953 g/mol. The second-order valence-electron chi connectivity index (χ2n) is 23.7. The topological polar surface area (TPSA) is 267 Å². The van der Waals surface area contributed by atoms with Gasteiger partial charge in [0.2, 0.25) is 0 Å². The first-order valence-electron chi connectivity index (χ1n) is 25.0. The predicted molar refractivity (Wildman–Crippen MR) is 237 cm³/mol. The van der Waals surface area contributed by atoms with Crippen LogP contribution >= 0.6 is 0 Å². The van der Waals surface area contributed by atoms with Crippen molar-refractivity contribution in [1.82, 2.24) is 0 Å². The van der Waals surface area contributed by atoms with Gasteiger partial charge in [0.1, 0.15) is 54.9 Å². The summed E-state index contributed by atoms with van der Waals surface area (Å²) >= 11 is 0. The van der Waals surface area contributed by atoms with Crippen molar-refractivity contribution in [3.63, 3.8) is 0 Å². The van der Waals surface area contributed by atoms with Crippen molar-refractivity contribution in [2.75, 3.05) is 26.4 Å². The molecule has 10 N–H and O–H groups in total. The van der Waals surface area contributed by atoms with Crippen LogP contribution in [0, 0.1) is 57.2 Å². The summed E-state index contributed by atoms with van der Waals surface area (Å²) in [5.41, 5.74) is -1.52. The van der Waals surface area contributed by atoms with Gasteiger partial charge in [-0.15, -0.1) is 6.58 Å². The van der Waals surface area contributed by atoms with Crippen molar-refractivity contribution in [1.29, 1.82) is 0 Å². The lowest BCUT2D eigenvalue weighted by Crippen LogP contribution is -2.67. The zero-order chi connectivity index (χ0) is 48.6. The van der Waals surface area contributed by atoms with E-state index < -0.39 is 134 Å². The SMILES string of the molecule is C=C[C@H]1[C@H](OC2O[C@H](CO)[C@@H](O)[C@H](O)[C@H]2O)[C@@H](OC2O[C@@H](CO)[C@H](O)[C@H]2O)C(O[C@H]2CC[C@]3(C)[C@H]4CC[C@@H]5C6[C@@]7(CC7[C@@]5(CO)[C@]4(C)CC[C@H]3C2(C)C)O[C@@H](C=C(C)C)C[C@]6(C)O)O[C@@H]1CO. The molecule has 0 bridgehead atoms. The maximum Gasteiger partial charge on any atom is 0.187 e. The van der Waals surface area contributed by atoms with Gasteiger partial charge in [0.25, 0.3) is 0 Å². The summed E-state index contributed by atoms with van der Waals surface area (Å²) in [5.74, 6) is -0.253. The molecule has 4 aliphatic heterocycles. The lowest BCUT2D eigenvalue weighted by molar-refractivity contribution is -0.379.